The van der Waals surface area contributed by atoms with Crippen LogP contribution in [-0.2, 0) is 28.6 Å². The van der Waals surface area contributed by atoms with E-state index < -0.39 is 6.10 Å². The number of ether oxygens (including phenoxy) is 3. The fraction of sp³-hybridized carbons (Fsp3) is 0.407. The first kappa shape index (κ1) is 59.2. The van der Waals surface area contributed by atoms with Gasteiger partial charge in [-0.25, -0.2) is 0 Å². The second kappa shape index (κ2) is 50.9. The quantitative estimate of drug-likeness (QED) is 0.0265. The van der Waals surface area contributed by atoms with Gasteiger partial charge in [0.15, 0.2) is 6.10 Å². The minimum atomic E-state index is -0.848. The van der Waals surface area contributed by atoms with Gasteiger partial charge in [-0.3, -0.25) is 14.4 Å². The predicted octanol–water partition coefficient (Wildman–Crippen LogP) is 16.0. The summed E-state index contributed by atoms with van der Waals surface area (Å²) in [5, 5.41) is 0. The standard InChI is InChI=1S/C59H82O6/c1-4-7-10-13-16-19-22-25-27-29-31-34-37-40-43-46-49-52-58(61)64-55-56(54-63-57(60)51-48-45-42-39-36-33-24-21-18-15-12-9-6-3)65-59(62)53-50-47-44-41-38-35-32-30-28-26-23-20-17-14-11-8-5-2/h7-38,56H,4-6,39-55H2,1-3H3/b10-7+,11-8+,12-9+,16-13+,17-14+,18-15+,22-19+,23-20+,24-21+,27-25+,28-26+,31-29+,32-30+,36-33+,37-34+,38-35+. The Labute approximate surface area is 395 Å². The second-order valence-corrected chi connectivity index (χ2v) is 14.9. The van der Waals surface area contributed by atoms with Crippen LogP contribution in [0.15, 0.2) is 194 Å². The van der Waals surface area contributed by atoms with Crippen molar-refractivity contribution in [2.75, 3.05) is 13.2 Å². The van der Waals surface area contributed by atoms with Crippen molar-refractivity contribution in [3.63, 3.8) is 0 Å². The number of rotatable bonds is 39. The normalized spacial score (nSPS) is 13.8. The third-order valence-electron chi connectivity index (χ3n) is 8.99. The van der Waals surface area contributed by atoms with E-state index in [4.69, 9.17) is 14.2 Å². The summed E-state index contributed by atoms with van der Waals surface area (Å²) in [6.07, 6.45) is 78.3. The number of hydrogen-bond acceptors (Lipinski definition) is 6. The molecule has 6 nitrogen and oxygen atoms in total. The zero-order chi connectivity index (χ0) is 47.2. The van der Waals surface area contributed by atoms with E-state index in [0.29, 0.717) is 19.3 Å². The first-order chi connectivity index (χ1) is 32.0. The monoisotopic (exact) mass is 887 g/mol. The van der Waals surface area contributed by atoms with Gasteiger partial charge in [-0.2, -0.15) is 0 Å². The van der Waals surface area contributed by atoms with E-state index in [1.807, 2.05) is 158 Å². The van der Waals surface area contributed by atoms with Crippen LogP contribution in [0.5, 0.6) is 0 Å². The molecule has 0 aliphatic carbocycles. The van der Waals surface area contributed by atoms with Crippen molar-refractivity contribution in [1.29, 1.82) is 0 Å². The molecule has 1 atom stereocenters. The van der Waals surface area contributed by atoms with Crippen LogP contribution in [0.2, 0.25) is 0 Å². The summed E-state index contributed by atoms with van der Waals surface area (Å²) in [5.74, 6) is -1.09. The fourth-order valence-corrected chi connectivity index (χ4v) is 5.45. The number of hydrogen-bond donors (Lipinski definition) is 0. The summed E-state index contributed by atoms with van der Waals surface area (Å²) < 4.78 is 16.6. The van der Waals surface area contributed by atoms with E-state index in [1.165, 1.54) is 0 Å². The largest absolute Gasteiger partial charge is 0.462 e. The number of allylic oxidation sites excluding steroid dienone is 32. The molecule has 0 saturated carbocycles. The number of carbonyl (C=O) groups excluding carboxylic acids is 3. The molecule has 0 amide bonds. The zero-order valence-corrected chi connectivity index (χ0v) is 40.1. The van der Waals surface area contributed by atoms with E-state index in [-0.39, 0.29) is 50.4 Å². The van der Waals surface area contributed by atoms with Gasteiger partial charge < -0.3 is 14.2 Å². The maximum Gasteiger partial charge on any atom is 0.306 e. The van der Waals surface area contributed by atoms with Crippen molar-refractivity contribution in [1.82, 2.24) is 0 Å². The topological polar surface area (TPSA) is 78.9 Å². The lowest BCUT2D eigenvalue weighted by molar-refractivity contribution is -0.167. The van der Waals surface area contributed by atoms with Gasteiger partial charge in [0.05, 0.1) is 0 Å². The second-order valence-electron chi connectivity index (χ2n) is 14.9. The maximum absolute atomic E-state index is 12.8. The first-order valence-electron chi connectivity index (χ1n) is 24.2. The summed E-state index contributed by atoms with van der Waals surface area (Å²) in [7, 11) is 0. The SMILES string of the molecule is CC/C=C/C=C/C=C/C=C/C=C/C=C/CCCCCC(=O)OCC(COC(=O)CCCCC/C=C/C=C/C=C/C=C/CC)OC(=O)CCCCC/C=C/C=C/C=C/C=C/C=C/C=C/CC. The summed E-state index contributed by atoms with van der Waals surface area (Å²) >= 11 is 0. The molecule has 0 heterocycles. The Hall–Kier alpha value is -5.75. The average Bonchev–Trinajstić information content (AvgIpc) is 3.30. The van der Waals surface area contributed by atoms with Crippen molar-refractivity contribution in [3.8, 4) is 0 Å². The third-order valence-corrected chi connectivity index (χ3v) is 8.99. The van der Waals surface area contributed by atoms with Crippen LogP contribution in [0.25, 0.3) is 0 Å². The van der Waals surface area contributed by atoms with Gasteiger partial charge in [0.1, 0.15) is 13.2 Å². The van der Waals surface area contributed by atoms with Gasteiger partial charge in [-0.05, 0) is 77.0 Å². The molecule has 0 aromatic heterocycles. The molecule has 0 spiro atoms. The van der Waals surface area contributed by atoms with Crippen LogP contribution >= 0.6 is 0 Å². The molecule has 0 aliphatic rings. The molecular weight excluding hydrogens is 805 g/mol. The predicted molar refractivity (Wildman–Crippen MR) is 278 cm³/mol. The molecule has 0 aliphatic heterocycles. The Bertz CT molecular complexity index is 1680. The molecular formula is C59H82O6. The van der Waals surface area contributed by atoms with Crippen LogP contribution in [0.3, 0.4) is 0 Å². The van der Waals surface area contributed by atoms with Crippen LogP contribution < -0.4 is 0 Å². The Morgan fingerprint density at radius 1 is 0.308 bits per heavy atom. The van der Waals surface area contributed by atoms with Gasteiger partial charge in [0.2, 0.25) is 0 Å². The van der Waals surface area contributed by atoms with Crippen LogP contribution in [-0.4, -0.2) is 37.2 Å². The molecule has 0 aromatic rings. The van der Waals surface area contributed by atoms with E-state index in [9.17, 15) is 14.4 Å². The summed E-state index contributed by atoms with van der Waals surface area (Å²) in [5.41, 5.74) is 0. The average molecular weight is 887 g/mol. The lowest BCUT2D eigenvalue weighted by Gasteiger charge is -2.18. The Morgan fingerprint density at radius 2 is 0.554 bits per heavy atom. The molecule has 354 valence electrons. The highest BCUT2D eigenvalue weighted by molar-refractivity contribution is 5.71. The number of esters is 3. The molecule has 65 heavy (non-hydrogen) atoms. The number of unbranched alkanes of at least 4 members (excludes halogenated alkanes) is 9. The van der Waals surface area contributed by atoms with Crippen molar-refractivity contribution < 1.29 is 28.6 Å². The Kier molecular flexibility index (Phi) is 46.4. The van der Waals surface area contributed by atoms with E-state index in [1.54, 1.807) is 0 Å². The minimum absolute atomic E-state index is 0.144. The van der Waals surface area contributed by atoms with Crippen LogP contribution in [0.1, 0.15) is 136 Å². The molecule has 0 aromatic carbocycles. The highest BCUT2D eigenvalue weighted by Gasteiger charge is 2.19. The molecule has 0 rings (SSSR count). The van der Waals surface area contributed by atoms with Crippen molar-refractivity contribution in [2.24, 2.45) is 0 Å². The first-order valence-corrected chi connectivity index (χ1v) is 24.2. The van der Waals surface area contributed by atoms with E-state index >= 15 is 0 Å². The molecule has 0 radical (unpaired) electrons. The lowest BCUT2D eigenvalue weighted by Crippen LogP contribution is -2.30. The molecule has 1 unspecified atom stereocenters. The Balaban J connectivity index is 4.70. The van der Waals surface area contributed by atoms with Gasteiger partial charge in [0, 0.05) is 19.3 Å². The van der Waals surface area contributed by atoms with Crippen molar-refractivity contribution in [3.05, 3.63) is 194 Å². The molecule has 0 N–H and O–H groups in total. The van der Waals surface area contributed by atoms with Gasteiger partial charge >= 0.3 is 17.9 Å². The van der Waals surface area contributed by atoms with Crippen molar-refractivity contribution >= 4 is 17.9 Å². The van der Waals surface area contributed by atoms with Gasteiger partial charge in [-0.15, -0.1) is 0 Å². The maximum atomic E-state index is 12.8. The molecule has 6 heteroatoms. The zero-order valence-electron chi connectivity index (χ0n) is 40.1. The summed E-state index contributed by atoms with van der Waals surface area (Å²) in [4.78, 5) is 37.9. The van der Waals surface area contributed by atoms with Crippen molar-refractivity contribution in [2.45, 2.75) is 142 Å². The van der Waals surface area contributed by atoms with Crippen LogP contribution in [0.4, 0.5) is 0 Å². The molecule has 0 bridgehead atoms. The molecule has 0 saturated heterocycles. The summed E-state index contributed by atoms with van der Waals surface area (Å²) in [6, 6.07) is 0. The van der Waals surface area contributed by atoms with E-state index in [2.05, 4.69) is 57.2 Å². The Morgan fingerprint density at radius 3 is 0.831 bits per heavy atom. The van der Waals surface area contributed by atoms with Gasteiger partial charge in [0.25, 0.3) is 0 Å². The highest BCUT2D eigenvalue weighted by Crippen LogP contribution is 2.10. The lowest BCUT2D eigenvalue weighted by atomic mass is 10.1. The highest BCUT2D eigenvalue weighted by atomic mass is 16.6. The van der Waals surface area contributed by atoms with E-state index in [0.717, 1.165) is 77.0 Å². The smallest absolute Gasteiger partial charge is 0.306 e. The third kappa shape index (κ3) is 49.1. The molecule has 0 fully saturated rings. The minimum Gasteiger partial charge on any atom is -0.462 e. The van der Waals surface area contributed by atoms with Gasteiger partial charge in [-0.1, -0.05) is 234 Å². The summed E-state index contributed by atoms with van der Waals surface area (Å²) in [6.45, 7) is 6.04. The van der Waals surface area contributed by atoms with Crippen LogP contribution in [0, 0.1) is 0 Å². The fourth-order valence-electron chi connectivity index (χ4n) is 5.45. The number of carbonyl (C=O) groups is 3.